The summed E-state index contributed by atoms with van der Waals surface area (Å²) in [5, 5.41) is 10.6. The van der Waals surface area contributed by atoms with Crippen LogP contribution < -0.4 is 0 Å². The number of unbranched alkanes of at least 4 members (excludes halogenated alkanes) is 46. The fraction of sp³-hybridized carbons (Fsp3) is 0.946. The number of phosphoric acid groups is 2. The van der Waals surface area contributed by atoms with Crippen molar-refractivity contribution in [3.8, 4) is 0 Å². The van der Waals surface area contributed by atoms with Gasteiger partial charge in [-0.15, -0.1) is 0 Å². The third-order valence-electron chi connectivity index (χ3n) is 17.3. The second-order valence-corrected chi connectivity index (χ2v) is 30.1. The monoisotopic (exact) mass is 1370 g/mol. The number of hydrogen-bond donors (Lipinski definition) is 3. The summed E-state index contributed by atoms with van der Waals surface area (Å²) in [5.74, 6) is -1.37. The van der Waals surface area contributed by atoms with E-state index < -0.39 is 97.5 Å². The van der Waals surface area contributed by atoms with E-state index in [1.165, 1.54) is 205 Å². The van der Waals surface area contributed by atoms with Crippen molar-refractivity contribution in [2.24, 2.45) is 5.92 Å². The van der Waals surface area contributed by atoms with E-state index in [0.717, 1.165) is 102 Å². The van der Waals surface area contributed by atoms with E-state index in [4.69, 9.17) is 37.0 Å². The molecule has 2 unspecified atom stereocenters. The maximum Gasteiger partial charge on any atom is 0.472 e. The predicted molar refractivity (Wildman–Crippen MR) is 377 cm³/mol. The Morgan fingerprint density at radius 1 is 0.290 bits per heavy atom. The highest BCUT2D eigenvalue weighted by molar-refractivity contribution is 7.47. The van der Waals surface area contributed by atoms with Crippen LogP contribution in [0.15, 0.2) is 0 Å². The molecular weight excluding hydrogens is 1220 g/mol. The second-order valence-electron chi connectivity index (χ2n) is 27.2. The van der Waals surface area contributed by atoms with Crippen LogP contribution in [0.4, 0.5) is 0 Å². The zero-order valence-corrected chi connectivity index (χ0v) is 62.2. The average Bonchev–Trinajstić information content (AvgIpc) is 1.47. The first-order valence-corrected chi connectivity index (χ1v) is 41.6. The standard InChI is InChI=1S/C74H144O17P2/c1-6-9-12-15-17-19-21-23-24-25-26-27-28-29-30-31-33-35-41-45-50-55-60-74(79)91-70(64-85-72(77)58-53-48-43-39-37-36-38-42-47-51-56-67(4)5)66-89-93(82,83)87-62-68(75)61-86-92(80,81)88-65-69(63-84-71(76)57-52-46-14-11-8-3)90-73(78)59-54-49-44-40-34-32-22-20-18-16-13-10-7-2/h67-70,75H,6-66H2,1-5H3,(H,80,81)(H,82,83)/t68-,69+,70+/m0/s1. The molecule has 0 aromatic carbocycles. The molecule has 0 saturated heterocycles. The molecule has 0 aliphatic heterocycles. The molecule has 0 aliphatic carbocycles. The molecule has 0 saturated carbocycles. The summed E-state index contributed by atoms with van der Waals surface area (Å²) in [7, 11) is -9.89. The van der Waals surface area contributed by atoms with E-state index in [1.807, 2.05) is 0 Å². The number of aliphatic hydroxyl groups excluding tert-OH is 1. The van der Waals surface area contributed by atoms with Crippen LogP contribution in [0.1, 0.15) is 388 Å². The van der Waals surface area contributed by atoms with Crippen LogP contribution in [0.3, 0.4) is 0 Å². The Morgan fingerprint density at radius 3 is 0.731 bits per heavy atom. The fourth-order valence-corrected chi connectivity index (χ4v) is 12.9. The Hall–Kier alpha value is -1.94. The van der Waals surface area contributed by atoms with Gasteiger partial charge in [-0.25, -0.2) is 9.13 Å². The number of esters is 4. The van der Waals surface area contributed by atoms with Crippen LogP contribution in [0.25, 0.3) is 0 Å². The molecule has 0 heterocycles. The summed E-state index contributed by atoms with van der Waals surface area (Å²) in [5.41, 5.74) is 0. The molecule has 0 spiro atoms. The van der Waals surface area contributed by atoms with Crippen molar-refractivity contribution in [3.63, 3.8) is 0 Å². The number of aliphatic hydroxyl groups is 1. The zero-order chi connectivity index (χ0) is 68.4. The van der Waals surface area contributed by atoms with Gasteiger partial charge in [0.1, 0.15) is 19.3 Å². The molecule has 0 fully saturated rings. The first-order chi connectivity index (χ1) is 45.0. The van der Waals surface area contributed by atoms with Crippen molar-refractivity contribution in [2.75, 3.05) is 39.6 Å². The highest BCUT2D eigenvalue weighted by Gasteiger charge is 2.30. The van der Waals surface area contributed by atoms with Crippen molar-refractivity contribution in [1.82, 2.24) is 0 Å². The quantitative estimate of drug-likeness (QED) is 0.0222. The lowest BCUT2D eigenvalue weighted by Crippen LogP contribution is -2.30. The third kappa shape index (κ3) is 68.4. The van der Waals surface area contributed by atoms with E-state index in [-0.39, 0.29) is 25.7 Å². The Balaban J connectivity index is 5.09. The Bertz CT molecular complexity index is 1790. The molecule has 0 aromatic heterocycles. The molecule has 0 radical (unpaired) electrons. The summed E-state index contributed by atoms with van der Waals surface area (Å²) in [6, 6.07) is 0. The van der Waals surface area contributed by atoms with Gasteiger partial charge in [-0.3, -0.25) is 37.3 Å². The smallest absolute Gasteiger partial charge is 0.462 e. The summed E-state index contributed by atoms with van der Waals surface area (Å²) >= 11 is 0. The molecule has 0 aromatic rings. The first-order valence-electron chi connectivity index (χ1n) is 38.6. The number of rotatable bonds is 74. The highest BCUT2D eigenvalue weighted by atomic mass is 31.2. The molecule has 552 valence electrons. The van der Waals surface area contributed by atoms with Crippen molar-refractivity contribution in [3.05, 3.63) is 0 Å². The molecule has 3 N–H and O–H groups in total. The molecule has 0 rings (SSSR count). The van der Waals surface area contributed by atoms with Crippen LogP contribution in [-0.2, 0) is 65.4 Å². The normalized spacial score (nSPS) is 14.0. The van der Waals surface area contributed by atoms with Crippen LogP contribution in [0.2, 0.25) is 0 Å². The van der Waals surface area contributed by atoms with Gasteiger partial charge in [0, 0.05) is 25.7 Å². The second kappa shape index (κ2) is 67.3. The van der Waals surface area contributed by atoms with E-state index in [0.29, 0.717) is 25.7 Å². The molecule has 0 amide bonds. The number of carbonyl (C=O) groups excluding carboxylic acids is 4. The van der Waals surface area contributed by atoms with Gasteiger partial charge in [0.15, 0.2) is 12.2 Å². The topological polar surface area (TPSA) is 237 Å². The molecule has 17 nitrogen and oxygen atoms in total. The predicted octanol–water partition coefficient (Wildman–Crippen LogP) is 21.7. The van der Waals surface area contributed by atoms with Gasteiger partial charge in [-0.1, -0.05) is 336 Å². The molecule has 5 atom stereocenters. The lowest BCUT2D eigenvalue weighted by Gasteiger charge is -2.21. The fourth-order valence-electron chi connectivity index (χ4n) is 11.4. The number of carbonyl (C=O) groups is 4. The van der Waals surface area contributed by atoms with Crippen LogP contribution in [0.5, 0.6) is 0 Å². The van der Waals surface area contributed by atoms with Crippen molar-refractivity contribution >= 4 is 39.5 Å². The van der Waals surface area contributed by atoms with E-state index in [1.54, 1.807) is 0 Å². The largest absolute Gasteiger partial charge is 0.472 e. The number of phosphoric ester groups is 2. The van der Waals surface area contributed by atoms with Gasteiger partial charge in [0.2, 0.25) is 0 Å². The molecular formula is C74H144O17P2. The summed E-state index contributed by atoms with van der Waals surface area (Å²) in [4.78, 5) is 72.4. The number of hydrogen-bond acceptors (Lipinski definition) is 15. The average molecular weight is 1370 g/mol. The van der Waals surface area contributed by atoms with Crippen LogP contribution >= 0.6 is 15.6 Å². The minimum absolute atomic E-state index is 0.107. The number of ether oxygens (including phenoxy) is 4. The van der Waals surface area contributed by atoms with Crippen molar-refractivity contribution in [2.45, 2.75) is 406 Å². The Labute approximate surface area is 568 Å². The van der Waals surface area contributed by atoms with Gasteiger partial charge < -0.3 is 33.8 Å². The Morgan fingerprint density at radius 2 is 0.495 bits per heavy atom. The molecule has 19 heteroatoms. The summed E-state index contributed by atoms with van der Waals surface area (Å²) < 4.78 is 68.2. The first kappa shape index (κ1) is 91.1. The van der Waals surface area contributed by atoms with E-state index in [9.17, 15) is 43.2 Å². The minimum Gasteiger partial charge on any atom is -0.462 e. The van der Waals surface area contributed by atoms with E-state index >= 15 is 0 Å². The maximum atomic E-state index is 13.1. The molecule has 0 bridgehead atoms. The SMILES string of the molecule is CCCCCCCCCCCCCCCCCCCCCCCCC(=O)O[C@H](COC(=O)CCCCCCCCCCCCC(C)C)COP(=O)(O)OC[C@@H](O)COP(=O)(O)OC[C@@H](COC(=O)CCCCCCC)OC(=O)CCCCCCCCCCCCCCC. The van der Waals surface area contributed by atoms with Crippen molar-refractivity contribution in [1.29, 1.82) is 0 Å². The van der Waals surface area contributed by atoms with E-state index in [2.05, 4.69) is 34.6 Å². The molecule has 0 aliphatic rings. The van der Waals surface area contributed by atoms with Gasteiger partial charge in [0.25, 0.3) is 0 Å². The van der Waals surface area contributed by atoms with Gasteiger partial charge in [-0.2, -0.15) is 0 Å². The lowest BCUT2D eigenvalue weighted by atomic mass is 10.0. The highest BCUT2D eigenvalue weighted by Crippen LogP contribution is 2.45. The summed E-state index contributed by atoms with van der Waals surface area (Å²) in [6.45, 7) is 7.18. The third-order valence-corrected chi connectivity index (χ3v) is 19.2. The van der Waals surface area contributed by atoms with Gasteiger partial charge in [-0.05, 0) is 31.6 Å². The Kier molecular flexibility index (Phi) is 65.9. The summed E-state index contributed by atoms with van der Waals surface area (Å²) in [6.07, 6.45) is 56.0. The minimum atomic E-state index is -4.95. The van der Waals surface area contributed by atoms with Gasteiger partial charge >= 0.3 is 39.5 Å². The van der Waals surface area contributed by atoms with Crippen molar-refractivity contribution < 1.29 is 80.2 Å². The zero-order valence-electron chi connectivity index (χ0n) is 60.4. The molecule has 93 heavy (non-hydrogen) atoms. The van der Waals surface area contributed by atoms with Crippen LogP contribution in [0, 0.1) is 5.92 Å². The lowest BCUT2D eigenvalue weighted by molar-refractivity contribution is -0.161. The maximum absolute atomic E-state index is 13.1. The van der Waals surface area contributed by atoms with Gasteiger partial charge in [0.05, 0.1) is 26.4 Å². The van der Waals surface area contributed by atoms with Crippen LogP contribution in [-0.4, -0.2) is 96.7 Å².